The van der Waals surface area contributed by atoms with Crippen molar-refractivity contribution in [2.75, 3.05) is 32.0 Å². The molecule has 1 saturated heterocycles. The third-order valence-corrected chi connectivity index (χ3v) is 8.39. The number of aryl methyl sites for hydroxylation is 2. The highest BCUT2D eigenvalue weighted by atomic mass is 32.2. The number of rotatable bonds is 10. The molecule has 0 aliphatic carbocycles. The van der Waals surface area contributed by atoms with Gasteiger partial charge in [-0.2, -0.15) is 0 Å². The van der Waals surface area contributed by atoms with Crippen molar-refractivity contribution in [2.24, 2.45) is 0 Å². The van der Waals surface area contributed by atoms with Gasteiger partial charge in [-0.3, -0.25) is 14.2 Å². The lowest BCUT2D eigenvalue weighted by molar-refractivity contribution is -0.143. The first-order valence-corrected chi connectivity index (χ1v) is 15.3. The summed E-state index contributed by atoms with van der Waals surface area (Å²) in [5, 5.41) is 9.88. The summed E-state index contributed by atoms with van der Waals surface area (Å²) in [5.41, 5.74) is 4.39. The minimum absolute atomic E-state index is 0.00167. The van der Waals surface area contributed by atoms with Crippen molar-refractivity contribution in [1.82, 2.24) is 24.6 Å². The van der Waals surface area contributed by atoms with Crippen molar-refractivity contribution >= 4 is 23.6 Å². The van der Waals surface area contributed by atoms with Crippen molar-refractivity contribution in [2.45, 2.75) is 44.8 Å². The van der Waals surface area contributed by atoms with Crippen LogP contribution in [0.15, 0.2) is 84.0 Å². The predicted molar refractivity (Wildman–Crippen MR) is 166 cm³/mol. The Labute approximate surface area is 251 Å². The van der Waals surface area contributed by atoms with Gasteiger partial charge in [0.2, 0.25) is 5.91 Å². The molecular formula is C33H37N5O3S. The number of hydrogen-bond donors (Lipinski definition) is 0. The molecule has 1 unspecified atom stereocenters. The SMILES string of the molecule is Cc1ccc(-c2nnc(SCCCC(=O)N3CCN(C(=O)COc4ccccc4)C(C)C3)n2-c2cccc(C)c2)cc1. The molecule has 8 nitrogen and oxygen atoms in total. The van der Waals surface area contributed by atoms with Crippen LogP contribution in [0.3, 0.4) is 0 Å². The van der Waals surface area contributed by atoms with Crippen LogP contribution in [0, 0.1) is 13.8 Å². The van der Waals surface area contributed by atoms with Gasteiger partial charge in [0.25, 0.3) is 5.91 Å². The molecule has 1 atom stereocenters. The maximum atomic E-state index is 13.0. The average Bonchev–Trinajstić information content (AvgIpc) is 3.42. The van der Waals surface area contributed by atoms with Crippen LogP contribution in [0.25, 0.3) is 17.1 Å². The molecule has 0 saturated carbocycles. The zero-order valence-corrected chi connectivity index (χ0v) is 25.2. The second-order valence-electron chi connectivity index (χ2n) is 10.7. The highest BCUT2D eigenvalue weighted by molar-refractivity contribution is 7.99. The lowest BCUT2D eigenvalue weighted by atomic mass is 10.1. The first-order chi connectivity index (χ1) is 20.4. The lowest BCUT2D eigenvalue weighted by Crippen LogP contribution is -2.56. The molecule has 3 aromatic carbocycles. The summed E-state index contributed by atoms with van der Waals surface area (Å²) in [5.74, 6) is 2.28. The number of para-hydroxylation sites is 1. The highest BCUT2D eigenvalue weighted by Crippen LogP contribution is 2.29. The first-order valence-electron chi connectivity index (χ1n) is 14.4. The molecule has 0 radical (unpaired) electrons. The van der Waals surface area contributed by atoms with Gasteiger partial charge in [-0.15, -0.1) is 10.2 Å². The Bertz CT molecular complexity index is 1510. The smallest absolute Gasteiger partial charge is 0.260 e. The minimum Gasteiger partial charge on any atom is -0.484 e. The predicted octanol–water partition coefficient (Wildman–Crippen LogP) is 5.56. The van der Waals surface area contributed by atoms with E-state index in [0.717, 1.165) is 40.0 Å². The van der Waals surface area contributed by atoms with Gasteiger partial charge in [-0.05, 0) is 57.0 Å². The Hall–Kier alpha value is -4.11. The van der Waals surface area contributed by atoms with Crippen LogP contribution in [0.5, 0.6) is 5.75 Å². The van der Waals surface area contributed by atoms with Crippen LogP contribution < -0.4 is 4.74 Å². The summed E-state index contributed by atoms with van der Waals surface area (Å²) >= 11 is 1.62. The van der Waals surface area contributed by atoms with Crippen molar-refractivity contribution in [3.8, 4) is 22.8 Å². The molecule has 2 amide bonds. The van der Waals surface area contributed by atoms with Gasteiger partial charge < -0.3 is 14.5 Å². The lowest BCUT2D eigenvalue weighted by Gasteiger charge is -2.39. The van der Waals surface area contributed by atoms with Crippen LogP contribution >= 0.6 is 11.8 Å². The van der Waals surface area contributed by atoms with Gasteiger partial charge in [0.15, 0.2) is 17.6 Å². The molecule has 1 aliphatic heterocycles. The van der Waals surface area contributed by atoms with Crippen LogP contribution in [-0.4, -0.2) is 74.4 Å². The number of carbonyl (C=O) groups excluding carboxylic acids is 2. The Kier molecular flexibility index (Phi) is 9.59. The zero-order chi connectivity index (χ0) is 29.5. The van der Waals surface area contributed by atoms with E-state index in [-0.39, 0.29) is 24.5 Å². The second kappa shape index (κ2) is 13.7. The average molecular weight is 584 g/mol. The van der Waals surface area contributed by atoms with E-state index in [1.165, 1.54) is 5.56 Å². The monoisotopic (exact) mass is 583 g/mol. The topological polar surface area (TPSA) is 80.6 Å². The molecule has 4 aromatic rings. The van der Waals surface area contributed by atoms with E-state index >= 15 is 0 Å². The van der Waals surface area contributed by atoms with E-state index in [2.05, 4.69) is 71.1 Å². The van der Waals surface area contributed by atoms with Gasteiger partial charge in [-0.1, -0.05) is 71.9 Å². The molecule has 0 spiro atoms. The Morgan fingerprint density at radius 2 is 1.69 bits per heavy atom. The van der Waals surface area contributed by atoms with Gasteiger partial charge in [0.1, 0.15) is 5.75 Å². The molecule has 0 bridgehead atoms. The van der Waals surface area contributed by atoms with E-state index in [9.17, 15) is 9.59 Å². The number of hydrogen-bond acceptors (Lipinski definition) is 6. The van der Waals surface area contributed by atoms with E-state index < -0.39 is 0 Å². The largest absolute Gasteiger partial charge is 0.484 e. The van der Waals surface area contributed by atoms with Crippen molar-refractivity contribution in [3.05, 3.63) is 90.0 Å². The van der Waals surface area contributed by atoms with Crippen LogP contribution in [-0.2, 0) is 9.59 Å². The fourth-order valence-corrected chi connectivity index (χ4v) is 5.99. The molecule has 1 aliphatic rings. The summed E-state index contributed by atoms with van der Waals surface area (Å²) in [6.07, 6.45) is 1.18. The molecular weight excluding hydrogens is 546 g/mol. The maximum Gasteiger partial charge on any atom is 0.260 e. The quantitative estimate of drug-likeness (QED) is 0.180. The van der Waals surface area contributed by atoms with Gasteiger partial charge in [0.05, 0.1) is 0 Å². The molecule has 2 heterocycles. The van der Waals surface area contributed by atoms with Gasteiger partial charge in [0, 0.05) is 49.1 Å². The van der Waals surface area contributed by atoms with Crippen molar-refractivity contribution < 1.29 is 14.3 Å². The number of aromatic nitrogens is 3. The maximum absolute atomic E-state index is 13.0. The summed E-state index contributed by atoms with van der Waals surface area (Å²) in [7, 11) is 0. The number of amides is 2. The van der Waals surface area contributed by atoms with Gasteiger partial charge >= 0.3 is 0 Å². The molecule has 1 aromatic heterocycles. The number of piperazine rings is 1. The molecule has 42 heavy (non-hydrogen) atoms. The highest BCUT2D eigenvalue weighted by Gasteiger charge is 2.29. The normalized spacial score (nSPS) is 15.1. The third kappa shape index (κ3) is 7.20. The summed E-state index contributed by atoms with van der Waals surface area (Å²) in [4.78, 5) is 29.5. The van der Waals surface area contributed by atoms with Gasteiger partial charge in [-0.25, -0.2) is 0 Å². The Morgan fingerprint density at radius 1 is 0.905 bits per heavy atom. The molecule has 9 heteroatoms. The molecule has 218 valence electrons. The van der Waals surface area contributed by atoms with E-state index in [4.69, 9.17) is 4.74 Å². The van der Waals surface area contributed by atoms with Crippen LogP contribution in [0.4, 0.5) is 0 Å². The Morgan fingerprint density at radius 3 is 2.43 bits per heavy atom. The first kappa shape index (κ1) is 29.4. The van der Waals surface area contributed by atoms with Crippen molar-refractivity contribution in [1.29, 1.82) is 0 Å². The number of nitrogens with zero attached hydrogens (tertiary/aromatic N) is 5. The van der Waals surface area contributed by atoms with Crippen LogP contribution in [0.2, 0.25) is 0 Å². The Balaban J connectivity index is 1.14. The number of ether oxygens (including phenoxy) is 1. The summed E-state index contributed by atoms with van der Waals surface area (Å²) < 4.78 is 7.73. The zero-order valence-electron chi connectivity index (χ0n) is 24.4. The number of thioether (sulfide) groups is 1. The number of benzene rings is 3. The molecule has 0 N–H and O–H groups in total. The third-order valence-electron chi connectivity index (χ3n) is 7.38. The van der Waals surface area contributed by atoms with E-state index in [1.807, 2.05) is 53.1 Å². The second-order valence-corrected chi connectivity index (χ2v) is 11.7. The summed E-state index contributed by atoms with van der Waals surface area (Å²) in [6, 6.07) is 25.9. The van der Waals surface area contributed by atoms with E-state index in [0.29, 0.717) is 31.8 Å². The van der Waals surface area contributed by atoms with Crippen LogP contribution in [0.1, 0.15) is 30.9 Å². The molecule has 5 rings (SSSR count). The fourth-order valence-electron chi connectivity index (χ4n) is 5.10. The summed E-state index contributed by atoms with van der Waals surface area (Å²) in [6.45, 7) is 7.71. The molecule has 1 fully saturated rings. The van der Waals surface area contributed by atoms with Crippen molar-refractivity contribution in [3.63, 3.8) is 0 Å². The number of carbonyl (C=O) groups is 2. The fraction of sp³-hybridized carbons (Fsp3) is 0.333. The van der Waals surface area contributed by atoms with E-state index in [1.54, 1.807) is 11.8 Å². The minimum atomic E-state index is -0.0583. The standard InChI is InChI=1S/C33H37N5O3S/c1-24-14-16-27(17-15-24)32-34-35-33(38(32)28-10-7-9-25(2)21-28)42-20-8-13-30(39)36-18-19-37(26(3)22-36)31(40)23-41-29-11-5-4-6-12-29/h4-7,9-12,14-17,21,26H,8,13,18-20,22-23H2,1-3H3.